The molecule has 0 aliphatic carbocycles. The third-order valence-electron chi connectivity index (χ3n) is 2.86. The Kier molecular flexibility index (Phi) is 4.64. The summed E-state index contributed by atoms with van der Waals surface area (Å²) in [4.78, 5) is 12.1. The molecule has 0 spiro atoms. The standard InChI is InChI=1S/C12H13F2NO3S2/c13-10-2-1-9(5-11(10)14)19-6-12(16)15-8-3-4-20(17,18)7-8/h1-2,5,8H,3-4,6-7H2,(H,15,16). The second-order valence-corrected chi connectivity index (χ2v) is 7.81. The molecule has 0 saturated carbocycles. The van der Waals surface area contributed by atoms with Gasteiger partial charge in [0.15, 0.2) is 21.5 Å². The van der Waals surface area contributed by atoms with E-state index in [9.17, 15) is 22.0 Å². The Labute approximate surface area is 119 Å². The predicted octanol–water partition coefficient (Wildman–Crippen LogP) is 1.36. The number of sulfone groups is 1. The molecule has 1 heterocycles. The van der Waals surface area contributed by atoms with Gasteiger partial charge in [-0.3, -0.25) is 4.79 Å². The summed E-state index contributed by atoms with van der Waals surface area (Å²) in [7, 11) is -3.03. The molecule has 1 fully saturated rings. The van der Waals surface area contributed by atoms with Gasteiger partial charge >= 0.3 is 0 Å². The highest BCUT2D eigenvalue weighted by Crippen LogP contribution is 2.20. The molecule has 8 heteroatoms. The second kappa shape index (κ2) is 6.09. The van der Waals surface area contributed by atoms with Crippen LogP contribution in [-0.4, -0.2) is 37.6 Å². The van der Waals surface area contributed by atoms with Crippen molar-refractivity contribution in [1.29, 1.82) is 0 Å². The second-order valence-electron chi connectivity index (χ2n) is 4.53. The molecule has 20 heavy (non-hydrogen) atoms. The first-order valence-electron chi connectivity index (χ1n) is 5.93. The number of hydrogen-bond acceptors (Lipinski definition) is 4. The van der Waals surface area contributed by atoms with Crippen LogP contribution < -0.4 is 5.32 Å². The number of rotatable bonds is 4. The van der Waals surface area contributed by atoms with E-state index in [-0.39, 0.29) is 29.2 Å². The largest absolute Gasteiger partial charge is 0.352 e. The van der Waals surface area contributed by atoms with Crippen LogP contribution in [-0.2, 0) is 14.6 Å². The van der Waals surface area contributed by atoms with Gasteiger partial charge in [-0.05, 0) is 24.6 Å². The van der Waals surface area contributed by atoms with Crippen LogP contribution in [0.1, 0.15) is 6.42 Å². The van der Waals surface area contributed by atoms with Crippen LogP contribution in [0.5, 0.6) is 0 Å². The summed E-state index contributed by atoms with van der Waals surface area (Å²) in [5.74, 6) is -2.13. The molecule has 4 nitrogen and oxygen atoms in total. The highest BCUT2D eigenvalue weighted by molar-refractivity contribution is 8.00. The zero-order valence-electron chi connectivity index (χ0n) is 10.4. The van der Waals surface area contributed by atoms with E-state index in [1.165, 1.54) is 6.07 Å². The van der Waals surface area contributed by atoms with Crippen molar-refractivity contribution in [2.45, 2.75) is 17.4 Å². The van der Waals surface area contributed by atoms with Gasteiger partial charge in [0, 0.05) is 10.9 Å². The normalized spacial score (nSPS) is 20.8. The van der Waals surface area contributed by atoms with Crippen molar-refractivity contribution in [3.63, 3.8) is 0 Å². The Morgan fingerprint density at radius 2 is 2.10 bits per heavy atom. The van der Waals surface area contributed by atoms with Crippen LogP contribution in [0.3, 0.4) is 0 Å². The molecule has 0 radical (unpaired) electrons. The molecule has 1 saturated heterocycles. The number of amides is 1. The number of carbonyl (C=O) groups excluding carboxylic acids is 1. The fourth-order valence-corrected chi connectivity index (χ4v) is 4.30. The molecule has 1 aliphatic rings. The Balaban J connectivity index is 1.82. The van der Waals surface area contributed by atoms with E-state index in [4.69, 9.17) is 0 Å². The lowest BCUT2D eigenvalue weighted by Gasteiger charge is -2.10. The van der Waals surface area contributed by atoms with Gasteiger partial charge in [0.2, 0.25) is 5.91 Å². The van der Waals surface area contributed by atoms with Crippen molar-refractivity contribution in [2.75, 3.05) is 17.3 Å². The maximum absolute atomic E-state index is 13.0. The lowest BCUT2D eigenvalue weighted by atomic mass is 10.3. The van der Waals surface area contributed by atoms with Crippen molar-refractivity contribution in [3.8, 4) is 0 Å². The van der Waals surface area contributed by atoms with E-state index < -0.39 is 21.5 Å². The SMILES string of the molecule is O=C(CSc1ccc(F)c(F)c1)NC1CCS(=O)(=O)C1. The summed E-state index contributed by atoms with van der Waals surface area (Å²) in [6.45, 7) is 0. The Hall–Kier alpha value is -1.15. The summed E-state index contributed by atoms with van der Waals surface area (Å²) in [5, 5.41) is 2.62. The fourth-order valence-electron chi connectivity index (χ4n) is 1.89. The summed E-state index contributed by atoms with van der Waals surface area (Å²) < 4.78 is 48.2. The first kappa shape index (κ1) is 15.2. The van der Waals surface area contributed by atoms with Crippen LogP contribution in [0.2, 0.25) is 0 Å². The third kappa shape index (κ3) is 4.17. The fraction of sp³-hybridized carbons (Fsp3) is 0.417. The van der Waals surface area contributed by atoms with Gasteiger partial charge in [-0.2, -0.15) is 0 Å². The smallest absolute Gasteiger partial charge is 0.230 e. The van der Waals surface area contributed by atoms with Crippen LogP contribution in [0, 0.1) is 11.6 Å². The van der Waals surface area contributed by atoms with Crippen LogP contribution >= 0.6 is 11.8 Å². The molecule has 1 aromatic rings. The minimum absolute atomic E-state index is 0.0294. The van der Waals surface area contributed by atoms with E-state index in [0.29, 0.717) is 11.3 Å². The van der Waals surface area contributed by atoms with Crippen LogP contribution in [0.25, 0.3) is 0 Å². The first-order chi connectivity index (χ1) is 9.35. The van der Waals surface area contributed by atoms with Crippen molar-refractivity contribution in [1.82, 2.24) is 5.32 Å². The van der Waals surface area contributed by atoms with Gasteiger partial charge in [0.25, 0.3) is 0 Å². The summed E-state index contributed by atoms with van der Waals surface area (Å²) in [6, 6.07) is 3.06. The minimum atomic E-state index is -3.03. The summed E-state index contributed by atoms with van der Waals surface area (Å²) in [5.41, 5.74) is 0. The van der Waals surface area contributed by atoms with Gasteiger partial charge < -0.3 is 5.32 Å². The van der Waals surface area contributed by atoms with Gasteiger partial charge in [-0.25, -0.2) is 17.2 Å². The third-order valence-corrected chi connectivity index (χ3v) is 5.62. The minimum Gasteiger partial charge on any atom is -0.352 e. The van der Waals surface area contributed by atoms with Gasteiger partial charge in [0.05, 0.1) is 17.3 Å². The van der Waals surface area contributed by atoms with E-state index in [2.05, 4.69) is 5.32 Å². The van der Waals surface area contributed by atoms with Crippen LogP contribution in [0.4, 0.5) is 8.78 Å². The molecule has 1 atom stereocenters. The van der Waals surface area contributed by atoms with Crippen LogP contribution in [0.15, 0.2) is 23.1 Å². The molecule has 1 aliphatic heterocycles. The average molecular weight is 321 g/mol. The van der Waals surface area contributed by atoms with E-state index in [0.717, 1.165) is 23.9 Å². The Bertz CT molecular complexity index is 619. The lowest BCUT2D eigenvalue weighted by Crippen LogP contribution is -2.36. The molecule has 2 rings (SSSR count). The Morgan fingerprint density at radius 3 is 2.70 bits per heavy atom. The average Bonchev–Trinajstić information content (AvgIpc) is 2.70. The van der Waals surface area contributed by atoms with E-state index in [1.54, 1.807) is 0 Å². The quantitative estimate of drug-likeness (QED) is 0.851. The monoisotopic (exact) mass is 321 g/mol. The molecular formula is C12H13F2NO3S2. The van der Waals surface area contributed by atoms with Gasteiger partial charge in [-0.1, -0.05) is 0 Å². The van der Waals surface area contributed by atoms with Gasteiger partial charge in [0.1, 0.15) is 0 Å². The number of benzene rings is 1. The van der Waals surface area contributed by atoms with Crippen molar-refractivity contribution < 1.29 is 22.0 Å². The molecule has 110 valence electrons. The van der Waals surface area contributed by atoms with E-state index >= 15 is 0 Å². The summed E-state index contributed by atoms with van der Waals surface area (Å²) >= 11 is 1.07. The molecule has 0 aromatic heterocycles. The van der Waals surface area contributed by atoms with Gasteiger partial charge in [-0.15, -0.1) is 11.8 Å². The van der Waals surface area contributed by atoms with Crippen molar-refractivity contribution in [2.24, 2.45) is 0 Å². The number of hydrogen-bond donors (Lipinski definition) is 1. The summed E-state index contributed by atoms with van der Waals surface area (Å²) in [6.07, 6.45) is 0.421. The zero-order chi connectivity index (χ0) is 14.8. The maximum Gasteiger partial charge on any atom is 0.230 e. The molecule has 0 bridgehead atoms. The molecular weight excluding hydrogens is 308 g/mol. The lowest BCUT2D eigenvalue weighted by molar-refractivity contribution is -0.119. The zero-order valence-corrected chi connectivity index (χ0v) is 12.1. The Morgan fingerprint density at radius 1 is 1.35 bits per heavy atom. The maximum atomic E-state index is 13.0. The highest BCUT2D eigenvalue weighted by atomic mass is 32.2. The number of thioether (sulfide) groups is 1. The predicted molar refractivity (Wildman–Crippen MR) is 72.3 cm³/mol. The van der Waals surface area contributed by atoms with E-state index in [1.807, 2.05) is 0 Å². The first-order valence-corrected chi connectivity index (χ1v) is 8.74. The topological polar surface area (TPSA) is 63.2 Å². The molecule has 1 N–H and O–H groups in total. The van der Waals surface area contributed by atoms with Crippen molar-refractivity contribution in [3.05, 3.63) is 29.8 Å². The number of halogens is 2. The molecule has 1 aromatic carbocycles. The molecule has 1 unspecified atom stereocenters. The highest BCUT2D eigenvalue weighted by Gasteiger charge is 2.28. The number of nitrogens with one attached hydrogen (secondary N) is 1. The number of carbonyl (C=O) groups is 1. The van der Waals surface area contributed by atoms with Crippen molar-refractivity contribution >= 4 is 27.5 Å². The molecule has 1 amide bonds.